The number of hydrogen-bond acceptors (Lipinski definition) is 0. The van der Waals surface area contributed by atoms with Gasteiger partial charge in [-0.05, 0) is 57.7 Å². The first-order valence-electron chi connectivity index (χ1n) is 9.61. The second-order valence-corrected chi connectivity index (χ2v) is 6.52. The molecule has 0 heterocycles. The maximum absolute atomic E-state index is 3.83. The highest BCUT2D eigenvalue weighted by molar-refractivity contribution is 6.17. The van der Waals surface area contributed by atoms with Crippen LogP contribution >= 0.6 is 0 Å². The SMILES string of the molecule is C=C/C=C\C(=C/C)c1c2ccccc2c(C(/C=C\C=C)=C/C)c2ccccc12. The summed E-state index contributed by atoms with van der Waals surface area (Å²) in [6.07, 6.45) is 16.2. The molecule has 3 aromatic carbocycles. The second-order valence-electron chi connectivity index (χ2n) is 6.52. The fraction of sp³-hybridized carbons (Fsp3) is 0.0714. The van der Waals surface area contributed by atoms with Crippen LogP contribution in [0.25, 0.3) is 32.7 Å². The molecule has 0 nitrogen and oxygen atoms in total. The van der Waals surface area contributed by atoms with Crippen molar-refractivity contribution < 1.29 is 0 Å². The summed E-state index contributed by atoms with van der Waals surface area (Å²) in [5.74, 6) is 0. The van der Waals surface area contributed by atoms with Gasteiger partial charge in [-0.2, -0.15) is 0 Å². The van der Waals surface area contributed by atoms with E-state index in [9.17, 15) is 0 Å². The molecule has 0 aliphatic carbocycles. The lowest BCUT2D eigenvalue weighted by molar-refractivity contribution is 1.64. The van der Waals surface area contributed by atoms with Crippen LogP contribution in [0, 0.1) is 0 Å². The third-order valence-electron chi connectivity index (χ3n) is 4.95. The summed E-state index contributed by atoms with van der Waals surface area (Å²) in [5.41, 5.74) is 4.92. The van der Waals surface area contributed by atoms with Gasteiger partial charge in [-0.15, -0.1) is 0 Å². The van der Waals surface area contributed by atoms with E-state index < -0.39 is 0 Å². The third-order valence-corrected chi connectivity index (χ3v) is 4.95. The third kappa shape index (κ3) is 3.54. The summed E-state index contributed by atoms with van der Waals surface area (Å²) >= 11 is 0. The van der Waals surface area contributed by atoms with E-state index in [1.807, 2.05) is 24.3 Å². The van der Waals surface area contributed by atoms with Crippen molar-refractivity contribution in [2.24, 2.45) is 0 Å². The number of hydrogen-bond donors (Lipinski definition) is 0. The van der Waals surface area contributed by atoms with Gasteiger partial charge in [0.05, 0.1) is 0 Å². The van der Waals surface area contributed by atoms with Gasteiger partial charge in [0, 0.05) is 0 Å². The average Bonchev–Trinajstić information content (AvgIpc) is 2.75. The van der Waals surface area contributed by atoms with Gasteiger partial charge in [-0.3, -0.25) is 0 Å². The topological polar surface area (TPSA) is 0 Å². The smallest absolute Gasteiger partial charge is 0.00297 e. The van der Waals surface area contributed by atoms with Crippen molar-refractivity contribution >= 4 is 32.7 Å². The van der Waals surface area contributed by atoms with Crippen LogP contribution in [0.4, 0.5) is 0 Å². The minimum absolute atomic E-state index is 1.20. The van der Waals surface area contributed by atoms with E-state index in [2.05, 4.69) is 99.8 Å². The molecule has 0 fully saturated rings. The molecular formula is C28H26. The van der Waals surface area contributed by atoms with Crippen LogP contribution in [0.15, 0.2) is 110 Å². The maximum Gasteiger partial charge on any atom is -0.00297 e. The molecule has 0 atom stereocenters. The molecule has 0 spiro atoms. The molecule has 0 aromatic heterocycles. The van der Waals surface area contributed by atoms with Crippen molar-refractivity contribution in [3.63, 3.8) is 0 Å². The standard InChI is InChI=1S/C28H26/c1-5-9-15-21(7-3)27-23-17-11-13-19-25(23)28(22(8-4)16-10-6-2)26-20-14-12-18-24(26)27/h5-20H,1-2H2,3-4H3/b15-9-,16-10-,21-7+,22-8+. The highest BCUT2D eigenvalue weighted by Gasteiger charge is 2.16. The Morgan fingerprint density at radius 3 is 1.18 bits per heavy atom. The van der Waals surface area contributed by atoms with Crippen molar-refractivity contribution in [1.82, 2.24) is 0 Å². The van der Waals surface area contributed by atoms with Crippen LogP contribution in [0.1, 0.15) is 25.0 Å². The van der Waals surface area contributed by atoms with E-state index in [1.54, 1.807) is 0 Å². The summed E-state index contributed by atoms with van der Waals surface area (Å²) < 4.78 is 0. The van der Waals surface area contributed by atoms with E-state index in [0.717, 1.165) is 0 Å². The van der Waals surface area contributed by atoms with Crippen molar-refractivity contribution in [2.45, 2.75) is 13.8 Å². The fourth-order valence-electron chi connectivity index (χ4n) is 3.74. The Morgan fingerprint density at radius 1 is 0.607 bits per heavy atom. The van der Waals surface area contributed by atoms with Gasteiger partial charge in [0.2, 0.25) is 0 Å². The normalized spacial score (nSPS) is 13.1. The van der Waals surface area contributed by atoms with Gasteiger partial charge in [-0.25, -0.2) is 0 Å². The average molecular weight is 363 g/mol. The first-order chi connectivity index (χ1) is 13.8. The summed E-state index contributed by atoms with van der Waals surface area (Å²) in [6.45, 7) is 11.8. The van der Waals surface area contributed by atoms with E-state index in [1.165, 1.54) is 43.8 Å². The molecule has 0 aliphatic heterocycles. The number of rotatable bonds is 6. The summed E-state index contributed by atoms with van der Waals surface area (Å²) in [5, 5.41) is 5.02. The van der Waals surface area contributed by atoms with Gasteiger partial charge < -0.3 is 0 Å². The number of fused-ring (bicyclic) bond motifs is 2. The van der Waals surface area contributed by atoms with Crippen LogP contribution in [-0.4, -0.2) is 0 Å². The van der Waals surface area contributed by atoms with Gasteiger partial charge >= 0.3 is 0 Å². The maximum atomic E-state index is 3.83. The molecule has 28 heavy (non-hydrogen) atoms. The Bertz CT molecular complexity index is 998. The van der Waals surface area contributed by atoms with Crippen molar-refractivity contribution in [3.8, 4) is 0 Å². The second kappa shape index (κ2) is 9.01. The van der Waals surface area contributed by atoms with Gasteiger partial charge in [-0.1, -0.05) is 110 Å². The Morgan fingerprint density at radius 2 is 0.929 bits per heavy atom. The molecule has 138 valence electrons. The molecule has 0 radical (unpaired) electrons. The predicted molar refractivity (Wildman–Crippen MR) is 127 cm³/mol. The van der Waals surface area contributed by atoms with Gasteiger partial charge in [0.1, 0.15) is 0 Å². The van der Waals surface area contributed by atoms with E-state index in [0.29, 0.717) is 0 Å². The van der Waals surface area contributed by atoms with Crippen LogP contribution < -0.4 is 0 Å². The number of benzene rings is 3. The van der Waals surface area contributed by atoms with Crippen molar-refractivity contribution in [2.75, 3.05) is 0 Å². The largest absolute Gasteiger partial charge is 0.0991 e. The van der Waals surface area contributed by atoms with E-state index in [-0.39, 0.29) is 0 Å². The summed E-state index contributed by atoms with van der Waals surface area (Å²) in [7, 11) is 0. The Kier molecular flexibility index (Phi) is 6.24. The highest BCUT2D eigenvalue weighted by atomic mass is 14.2. The lowest BCUT2D eigenvalue weighted by atomic mass is 9.85. The zero-order chi connectivity index (χ0) is 19.9. The molecule has 0 saturated carbocycles. The zero-order valence-corrected chi connectivity index (χ0v) is 16.7. The number of allylic oxidation sites excluding steroid dienone is 10. The van der Waals surface area contributed by atoms with Crippen molar-refractivity contribution in [3.05, 3.63) is 121 Å². The molecule has 0 N–H and O–H groups in total. The minimum atomic E-state index is 1.20. The van der Waals surface area contributed by atoms with E-state index >= 15 is 0 Å². The first kappa shape index (κ1) is 19.4. The van der Waals surface area contributed by atoms with Crippen molar-refractivity contribution in [1.29, 1.82) is 0 Å². The van der Waals surface area contributed by atoms with Gasteiger partial charge in [0.25, 0.3) is 0 Å². The molecule has 0 bridgehead atoms. The lowest BCUT2D eigenvalue weighted by Gasteiger charge is -2.18. The monoisotopic (exact) mass is 362 g/mol. The molecule has 0 heteroatoms. The molecule has 3 rings (SSSR count). The zero-order valence-electron chi connectivity index (χ0n) is 16.7. The predicted octanol–water partition coefficient (Wildman–Crippen LogP) is 8.28. The minimum Gasteiger partial charge on any atom is -0.0991 e. The molecule has 0 saturated heterocycles. The molecular weight excluding hydrogens is 336 g/mol. The quantitative estimate of drug-likeness (QED) is 0.306. The first-order valence-corrected chi connectivity index (χ1v) is 9.61. The van der Waals surface area contributed by atoms with Crippen LogP contribution in [0.5, 0.6) is 0 Å². The highest BCUT2D eigenvalue weighted by Crippen LogP contribution is 2.40. The molecule has 0 unspecified atom stereocenters. The summed E-state index contributed by atoms with van der Waals surface area (Å²) in [6, 6.07) is 17.3. The van der Waals surface area contributed by atoms with Gasteiger partial charge in [0.15, 0.2) is 0 Å². The Labute approximate surface area is 168 Å². The molecule has 0 amide bonds. The van der Waals surface area contributed by atoms with Crippen LogP contribution in [0.2, 0.25) is 0 Å². The lowest BCUT2D eigenvalue weighted by Crippen LogP contribution is -1.94. The summed E-state index contributed by atoms with van der Waals surface area (Å²) in [4.78, 5) is 0. The van der Waals surface area contributed by atoms with E-state index in [4.69, 9.17) is 0 Å². The Hall–Kier alpha value is -3.38. The van der Waals surface area contributed by atoms with Crippen LogP contribution in [-0.2, 0) is 0 Å². The molecule has 0 aliphatic rings. The molecule has 3 aromatic rings. The van der Waals surface area contributed by atoms with Crippen LogP contribution in [0.3, 0.4) is 0 Å². The Balaban J connectivity index is 2.53. The fourth-order valence-corrected chi connectivity index (χ4v) is 3.74.